The van der Waals surface area contributed by atoms with Crippen LogP contribution in [0.1, 0.15) is 0 Å². The highest BCUT2D eigenvalue weighted by molar-refractivity contribution is 7.26. The molecule has 182 valence electrons. The van der Waals surface area contributed by atoms with Gasteiger partial charge < -0.3 is 4.57 Å². The third kappa shape index (κ3) is 3.06. The van der Waals surface area contributed by atoms with Crippen molar-refractivity contribution in [2.45, 2.75) is 0 Å². The molecule has 0 radical (unpaired) electrons. The van der Waals surface area contributed by atoms with E-state index in [1.54, 1.807) is 0 Å². The molecule has 39 heavy (non-hydrogen) atoms. The lowest BCUT2D eigenvalue weighted by Crippen LogP contribution is -1.94. The number of fused-ring (bicyclic) bond motifs is 9. The molecule has 1 nitrogen and oxygen atoms in total. The van der Waals surface area contributed by atoms with Gasteiger partial charge in [0.15, 0.2) is 0 Å². The Labute approximate surface area is 232 Å². The molecule has 9 rings (SSSR count). The van der Waals surface area contributed by atoms with E-state index in [0.29, 0.717) is 0 Å². The average molecular weight is 532 g/mol. The van der Waals surface area contributed by atoms with Gasteiger partial charge >= 0.3 is 0 Å². The van der Waals surface area contributed by atoms with Crippen molar-refractivity contribution in [2.24, 2.45) is 0 Å². The number of hydrogen-bond donors (Lipinski definition) is 0. The number of thiophene rings is 2. The Bertz CT molecular complexity index is 2350. The summed E-state index contributed by atoms with van der Waals surface area (Å²) in [5.74, 6) is 0. The van der Waals surface area contributed by atoms with Gasteiger partial charge in [-0.3, -0.25) is 0 Å². The molecule has 6 aromatic carbocycles. The van der Waals surface area contributed by atoms with E-state index in [1.807, 2.05) is 22.7 Å². The van der Waals surface area contributed by atoms with E-state index in [-0.39, 0.29) is 0 Å². The van der Waals surface area contributed by atoms with Crippen LogP contribution in [0, 0.1) is 0 Å². The van der Waals surface area contributed by atoms with E-state index in [9.17, 15) is 0 Å². The summed E-state index contributed by atoms with van der Waals surface area (Å²) in [6.45, 7) is 0. The molecule has 0 atom stereocenters. The Morgan fingerprint density at radius 1 is 0.385 bits per heavy atom. The Balaban J connectivity index is 1.33. The maximum absolute atomic E-state index is 2.45. The zero-order chi connectivity index (χ0) is 25.5. The third-order valence-electron chi connectivity index (χ3n) is 8.00. The number of aromatic nitrogens is 1. The highest BCUT2D eigenvalue weighted by Crippen LogP contribution is 2.43. The molecule has 0 saturated heterocycles. The topological polar surface area (TPSA) is 4.93 Å². The van der Waals surface area contributed by atoms with Gasteiger partial charge in [0.05, 0.1) is 16.7 Å². The van der Waals surface area contributed by atoms with Gasteiger partial charge in [-0.25, -0.2) is 0 Å². The Morgan fingerprint density at radius 2 is 0.923 bits per heavy atom. The van der Waals surface area contributed by atoms with Crippen LogP contribution in [0.4, 0.5) is 0 Å². The Hall–Kier alpha value is -4.44. The van der Waals surface area contributed by atoms with E-state index in [1.165, 1.54) is 79.0 Å². The fourth-order valence-corrected chi connectivity index (χ4v) is 8.46. The van der Waals surface area contributed by atoms with Crippen molar-refractivity contribution in [3.8, 4) is 16.8 Å². The molecule has 9 aromatic rings. The van der Waals surface area contributed by atoms with Gasteiger partial charge in [-0.2, -0.15) is 0 Å². The second-order valence-corrected chi connectivity index (χ2v) is 12.3. The molecule has 0 aliphatic carbocycles. The van der Waals surface area contributed by atoms with Crippen molar-refractivity contribution in [1.82, 2.24) is 4.57 Å². The van der Waals surface area contributed by atoms with Crippen LogP contribution in [0.25, 0.3) is 79.0 Å². The highest BCUT2D eigenvalue weighted by Gasteiger charge is 2.17. The average Bonchev–Trinajstić information content (AvgIpc) is 3.66. The highest BCUT2D eigenvalue weighted by atomic mass is 32.1. The van der Waals surface area contributed by atoms with Crippen LogP contribution in [0.2, 0.25) is 0 Å². The maximum Gasteiger partial charge on any atom is 0.0555 e. The standard InChI is InChI=1S/C36H21NS2/c1-4-11-29-24(8-1)25-9-2-5-12-30(25)37(29)31-13-7-15-35-36(31)28-21-23(17-19-34(28)39-35)22-16-18-33-27(20-22)26-10-3-6-14-32(26)38-33/h1-21H. The summed E-state index contributed by atoms with van der Waals surface area (Å²) in [6, 6.07) is 46.9. The van der Waals surface area contributed by atoms with Crippen molar-refractivity contribution in [2.75, 3.05) is 0 Å². The van der Waals surface area contributed by atoms with Gasteiger partial charge in [0, 0.05) is 51.1 Å². The number of nitrogens with zero attached hydrogens (tertiary/aromatic N) is 1. The molecular formula is C36H21NS2. The van der Waals surface area contributed by atoms with Crippen molar-refractivity contribution in [1.29, 1.82) is 0 Å². The third-order valence-corrected chi connectivity index (χ3v) is 10.3. The summed E-state index contributed by atoms with van der Waals surface area (Å²) >= 11 is 3.75. The van der Waals surface area contributed by atoms with Crippen LogP contribution in [0.3, 0.4) is 0 Å². The lowest BCUT2D eigenvalue weighted by molar-refractivity contribution is 1.20. The van der Waals surface area contributed by atoms with Crippen molar-refractivity contribution in [3.63, 3.8) is 0 Å². The molecule has 3 aromatic heterocycles. The van der Waals surface area contributed by atoms with E-state index in [2.05, 4.69) is 132 Å². The lowest BCUT2D eigenvalue weighted by Gasteiger charge is -2.10. The van der Waals surface area contributed by atoms with E-state index >= 15 is 0 Å². The summed E-state index contributed by atoms with van der Waals surface area (Å²) in [6.07, 6.45) is 0. The summed E-state index contributed by atoms with van der Waals surface area (Å²) in [5.41, 5.74) is 6.26. The quantitative estimate of drug-likeness (QED) is 0.209. The monoisotopic (exact) mass is 531 g/mol. The summed E-state index contributed by atoms with van der Waals surface area (Å²) in [5, 5.41) is 7.92. The summed E-state index contributed by atoms with van der Waals surface area (Å²) in [7, 11) is 0. The molecule has 0 amide bonds. The Morgan fingerprint density at radius 3 is 1.67 bits per heavy atom. The van der Waals surface area contributed by atoms with Gasteiger partial charge in [-0.1, -0.05) is 72.8 Å². The predicted molar refractivity (Wildman–Crippen MR) is 172 cm³/mol. The first-order chi connectivity index (χ1) is 19.3. The minimum absolute atomic E-state index is 1.24. The van der Waals surface area contributed by atoms with Crippen molar-refractivity contribution in [3.05, 3.63) is 127 Å². The second-order valence-electron chi connectivity index (χ2n) is 10.1. The first-order valence-electron chi connectivity index (χ1n) is 13.2. The Kier molecular flexibility index (Phi) is 4.43. The summed E-state index contributed by atoms with van der Waals surface area (Å²) in [4.78, 5) is 0. The molecule has 0 N–H and O–H groups in total. The van der Waals surface area contributed by atoms with Crippen LogP contribution < -0.4 is 0 Å². The molecule has 0 spiro atoms. The molecule has 0 unspecified atom stereocenters. The zero-order valence-corrected chi connectivity index (χ0v) is 22.5. The molecule has 0 aliphatic rings. The zero-order valence-electron chi connectivity index (χ0n) is 20.9. The molecule has 3 heteroatoms. The van der Waals surface area contributed by atoms with Gasteiger partial charge in [0.25, 0.3) is 0 Å². The van der Waals surface area contributed by atoms with Crippen molar-refractivity contribution >= 4 is 84.8 Å². The molecule has 0 fully saturated rings. The van der Waals surface area contributed by atoms with Crippen LogP contribution in [-0.2, 0) is 0 Å². The first kappa shape index (κ1) is 21.5. The number of benzene rings is 6. The summed E-state index contributed by atoms with van der Waals surface area (Å²) < 4.78 is 7.79. The van der Waals surface area contributed by atoms with Crippen LogP contribution >= 0.6 is 22.7 Å². The smallest absolute Gasteiger partial charge is 0.0555 e. The SMILES string of the molecule is c1ccc2c(c1)sc1ccc(-c3ccc4sc5cccc(-n6c7ccccc7c7ccccc76)c5c4c3)cc12. The minimum atomic E-state index is 1.24. The van der Waals surface area contributed by atoms with Gasteiger partial charge in [-0.15, -0.1) is 22.7 Å². The van der Waals surface area contributed by atoms with Crippen LogP contribution in [0.5, 0.6) is 0 Å². The van der Waals surface area contributed by atoms with Gasteiger partial charge in [0.2, 0.25) is 0 Å². The van der Waals surface area contributed by atoms with Gasteiger partial charge in [0.1, 0.15) is 0 Å². The second kappa shape index (κ2) is 8.03. The molecule has 0 bridgehead atoms. The molecule has 3 heterocycles. The molecule has 0 aliphatic heterocycles. The van der Waals surface area contributed by atoms with Crippen LogP contribution in [-0.4, -0.2) is 4.57 Å². The van der Waals surface area contributed by atoms with E-state index in [0.717, 1.165) is 0 Å². The normalized spacial score (nSPS) is 12.1. The fraction of sp³-hybridized carbons (Fsp3) is 0. The number of rotatable bonds is 2. The first-order valence-corrected chi connectivity index (χ1v) is 14.8. The van der Waals surface area contributed by atoms with E-state index < -0.39 is 0 Å². The number of hydrogen-bond acceptors (Lipinski definition) is 2. The maximum atomic E-state index is 2.45. The number of para-hydroxylation sites is 2. The molecule has 0 saturated carbocycles. The molecular weight excluding hydrogens is 511 g/mol. The van der Waals surface area contributed by atoms with Crippen LogP contribution in [0.15, 0.2) is 127 Å². The lowest BCUT2D eigenvalue weighted by atomic mass is 10.0. The van der Waals surface area contributed by atoms with E-state index in [4.69, 9.17) is 0 Å². The van der Waals surface area contributed by atoms with Crippen molar-refractivity contribution < 1.29 is 0 Å². The van der Waals surface area contributed by atoms with Gasteiger partial charge in [-0.05, 0) is 65.7 Å². The fourth-order valence-electron chi connectivity index (χ4n) is 6.26. The minimum Gasteiger partial charge on any atom is -0.309 e. The predicted octanol–water partition coefficient (Wildman–Crippen LogP) is 11.2. The largest absolute Gasteiger partial charge is 0.309 e.